The summed E-state index contributed by atoms with van der Waals surface area (Å²) < 4.78 is 59.6. The molecule has 0 radical (unpaired) electrons. The van der Waals surface area contributed by atoms with Crippen LogP contribution in [0.3, 0.4) is 0 Å². The van der Waals surface area contributed by atoms with Crippen LogP contribution in [0.15, 0.2) is 0 Å². The molecule has 0 saturated heterocycles. The lowest BCUT2D eigenvalue weighted by molar-refractivity contribution is -0.153. The lowest BCUT2D eigenvalue weighted by atomic mass is 9.52. The van der Waals surface area contributed by atoms with Crippen molar-refractivity contribution in [1.29, 1.82) is 0 Å². The second-order valence-electron chi connectivity index (χ2n) is 8.51. The second-order valence-corrected chi connectivity index (χ2v) is 8.51. The molecule has 0 heterocycles. The summed E-state index contributed by atoms with van der Waals surface area (Å²) in [5, 5.41) is 0. The Balaban J connectivity index is 1.81. The maximum Gasteiger partial charge on any atom is 0.137 e. The number of hydrogen-bond donors (Lipinski definition) is 0. The second kappa shape index (κ2) is 7.53. The van der Waals surface area contributed by atoms with Gasteiger partial charge in [-0.2, -0.15) is 0 Å². The average Bonchev–Trinajstić information content (AvgIpc) is 2.56. The lowest BCUT2D eigenvalue weighted by Gasteiger charge is -2.55. The molecule has 0 bridgehead atoms. The van der Waals surface area contributed by atoms with Crippen molar-refractivity contribution in [2.75, 3.05) is 0 Å². The molecular weight excluding hydrogens is 316 g/mol. The molecular formula is C20H32F4. The van der Waals surface area contributed by atoms with Crippen molar-refractivity contribution in [2.24, 2.45) is 35.5 Å². The minimum Gasteiger partial charge on any atom is -0.247 e. The summed E-state index contributed by atoms with van der Waals surface area (Å²) in [5.74, 6) is -2.31. The molecule has 140 valence electrons. The van der Waals surface area contributed by atoms with Crippen molar-refractivity contribution in [1.82, 2.24) is 0 Å². The first kappa shape index (κ1) is 18.5. The molecule has 0 nitrogen and oxygen atoms in total. The highest BCUT2D eigenvalue weighted by atomic mass is 19.2. The highest BCUT2D eigenvalue weighted by molar-refractivity contribution is 5.07. The quantitative estimate of drug-likeness (QED) is 0.528. The third kappa shape index (κ3) is 3.00. The van der Waals surface area contributed by atoms with Crippen LogP contribution in [0, 0.1) is 35.5 Å². The summed E-state index contributed by atoms with van der Waals surface area (Å²) in [6, 6.07) is 0. The molecule has 0 aliphatic heterocycles. The fourth-order valence-corrected chi connectivity index (χ4v) is 6.21. The predicted molar refractivity (Wildman–Crippen MR) is 88.8 cm³/mol. The molecule has 0 aromatic carbocycles. The minimum absolute atomic E-state index is 0.143. The van der Waals surface area contributed by atoms with Gasteiger partial charge < -0.3 is 0 Å². The molecule has 3 fully saturated rings. The zero-order chi connectivity index (χ0) is 17.4. The van der Waals surface area contributed by atoms with Crippen LogP contribution < -0.4 is 0 Å². The van der Waals surface area contributed by atoms with Crippen LogP contribution in [0.5, 0.6) is 0 Å². The van der Waals surface area contributed by atoms with Gasteiger partial charge in [-0.3, -0.25) is 0 Å². The molecule has 3 aliphatic rings. The fourth-order valence-electron chi connectivity index (χ4n) is 6.21. The molecule has 10 unspecified atom stereocenters. The van der Waals surface area contributed by atoms with E-state index in [1.165, 1.54) is 0 Å². The topological polar surface area (TPSA) is 0 Å². The van der Waals surface area contributed by atoms with Crippen LogP contribution >= 0.6 is 0 Å². The summed E-state index contributed by atoms with van der Waals surface area (Å²) in [4.78, 5) is 0. The monoisotopic (exact) mass is 348 g/mol. The number of halogens is 4. The normalized spacial score (nSPS) is 51.8. The van der Waals surface area contributed by atoms with Crippen molar-refractivity contribution in [3.05, 3.63) is 0 Å². The van der Waals surface area contributed by atoms with Gasteiger partial charge >= 0.3 is 0 Å². The molecule has 0 aromatic rings. The van der Waals surface area contributed by atoms with E-state index in [4.69, 9.17) is 0 Å². The summed E-state index contributed by atoms with van der Waals surface area (Å²) >= 11 is 0. The van der Waals surface area contributed by atoms with Gasteiger partial charge in [-0.1, -0.05) is 26.7 Å². The third-order valence-corrected chi connectivity index (χ3v) is 7.27. The molecule has 3 saturated carbocycles. The van der Waals surface area contributed by atoms with E-state index in [1.54, 1.807) is 0 Å². The minimum atomic E-state index is -1.83. The number of fused-ring (bicyclic) bond motifs is 3. The number of alkyl halides is 4. The molecule has 0 N–H and O–H groups in total. The summed E-state index contributed by atoms with van der Waals surface area (Å²) in [7, 11) is 0. The van der Waals surface area contributed by atoms with Crippen LogP contribution in [0.4, 0.5) is 17.6 Å². The highest BCUT2D eigenvalue weighted by Crippen LogP contribution is 2.57. The van der Waals surface area contributed by atoms with Crippen LogP contribution in [-0.2, 0) is 0 Å². The third-order valence-electron chi connectivity index (χ3n) is 7.27. The van der Waals surface area contributed by atoms with Crippen molar-refractivity contribution in [3.8, 4) is 0 Å². The number of rotatable bonds is 4. The van der Waals surface area contributed by atoms with Crippen molar-refractivity contribution in [3.63, 3.8) is 0 Å². The first-order chi connectivity index (χ1) is 11.5. The molecule has 3 rings (SSSR count). The van der Waals surface area contributed by atoms with E-state index >= 15 is 0 Å². The van der Waals surface area contributed by atoms with Gasteiger partial charge in [0.15, 0.2) is 0 Å². The maximum absolute atomic E-state index is 14.9. The molecule has 4 heteroatoms. The van der Waals surface area contributed by atoms with E-state index in [2.05, 4.69) is 0 Å². The summed E-state index contributed by atoms with van der Waals surface area (Å²) in [6.45, 7) is 4.01. The van der Waals surface area contributed by atoms with E-state index in [9.17, 15) is 17.6 Å². The zero-order valence-corrected chi connectivity index (χ0v) is 14.9. The van der Waals surface area contributed by atoms with Gasteiger partial charge in [0.1, 0.15) is 24.7 Å². The smallest absolute Gasteiger partial charge is 0.137 e. The van der Waals surface area contributed by atoms with Gasteiger partial charge in [-0.05, 0) is 62.2 Å². The van der Waals surface area contributed by atoms with Crippen LogP contribution in [0.25, 0.3) is 0 Å². The van der Waals surface area contributed by atoms with E-state index in [1.807, 2.05) is 13.8 Å². The van der Waals surface area contributed by atoms with Crippen LogP contribution in [0.2, 0.25) is 0 Å². The van der Waals surface area contributed by atoms with E-state index in [0.29, 0.717) is 0 Å². The Morgan fingerprint density at radius 2 is 0.958 bits per heavy atom. The summed E-state index contributed by atoms with van der Waals surface area (Å²) in [6.07, 6.45) is 0.0360. The number of hydrogen-bond acceptors (Lipinski definition) is 0. The van der Waals surface area contributed by atoms with E-state index < -0.39 is 36.5 Å². The van der Waals surface area contributed by atoms with E-state index in [-0.39, 0.29) is 23.7 Å². The first-order valence-corrected chi connectivity index (χ1v) is 10.1. The van der Waals surface area contributed by atoms with Crippen LogP contribution in [0.1, 0.15) is 65.2 Å². The first-order valence-electron chi connectivity index (χ1n) is 10.1. The molecule has 0 amide bonds. The Kier molecular flexibility index (Phi) is 5.81. The molecule has 24 heavy (non-hydrogen) atoms. The van der Waals surface area contributed by atoms with Crippen molar-refractivity contribution in [2.45, 2.75) is 89.9 Å². The summed E-state index contributed by atoms with van der Waals surface area (Å²) in [5.41, 5.74) is 0. The Morgan fingerprint density at radius 3 is 1.29 bits per heavy atom. The van der Waals surface area contributed by atoms with Gasteiger partial charge in [0.25, 0.3) is 0 Å². The highest BCUT2D eigenvalue weighted by Gasteiger charge is 2.60. The Labute approximate surface area is 143 Å². The molecule has 3 aliphatic carbocycles. The van der Waals surface area contributed by atoms with E-state index in [0.717, 1.165) is 51.4 Å². The largest absolute Gasteiger partial charge is 0.247 e. The standard InChI is InChI=1S/C20H32F4/c1-3-5-11-7-9-13-14-10-8-12(6-4-2)18(22)16(14)20(24)19(23)15(13)17(11)21/h11-20H,3-10H2,1-2H3. The van der Waals surface area contributed by atoms with Gasteiger partial charge in [0.05, 0.1) is 0 Å². The molecule has 10 atom stereocenters. The van der Waals surface area contributed by atoms with Crippen molar-refractivity contribution >= 4 is 0 Å². The SMILES string of the molecule is CCCC1CCC2C3CCC(CCC)C(F)C3C(F)C(F)C2C1F. The Bertz CT molecular complexity index is 376. The maximum atomic E-state index is 14.9. The van der Waals surface area contributed by atoms with Crippen molar-refractivity contribution < 1.29 is 17.6 Å². The average molecular weight is 348 g/mol. The van der Waals surface area contributed by atoms with Gasteiger partial charge in [0.2, 0.25) is 0 Å². The lowest BCUT2D eigenvalue weighted by Crippen LogP contribution is -2.59. The molecule has 0 aromatic heterocycles. The van der Waals surface area contributed by atoms with Gasteiger partial charge in [-0.15, -0.1) is 0 Å². The Morgan fingerprint density at radius 1 is 0.583 bits per heavy atom. The molecule has 0 spiro atoms. The fraction of sp³-hybridized carbons (Fsp3) is 1.00. The Hall–Kier alpha value is -0.280. The van der Waals surface area contributed by atoms with Gasteiger partial charge in [-0.25, -0.2) is 17.6 Å². The van der Waals surface area contributed by atoms with Gasteiger partial charge in [0, 0.05) is 11.8 Å². The van der Waals surface area contributed by atoms with Crippen LogP contribution in [-0.4, -0.2) is 24.7 Å². The predicted octanol–water partition coefficient (Wildman–Crippen LogP) is 6.24. The zero-order valence-electron chi connectivity index (χ0n) is 14.9.